The Morgan fingerprint density at radius 1 is 1.50 bits per heavy atom. The zero-order chi connectivity index (χ0) is 13.9. The average Bonchev–Trinajstić information content (AvgIpc) is 2.31. The third kappa shape index (κ3) is 2.83. The number of nitrogens with zero attached hydrogens (tertiary/aromatic N) is 2. The van der Waals surface area contributed by atoms with Crippen molar-refractivity contribution in [2.45, 2.75) is 20.8 Å². The topological polar surface area (TPSA) is 96.0 Å². The standard InChI is InChI=1S/C12H13N3O3/c1-8-4-5-9(15(17)18)6-10(8)14-11(16)12(2,3)7-13/h4-6H,1-3H3,(H,14,16). The normalized spacial score (nSPS) is 10.6. The van der Waals surface area contributed by atoms with E-state index in [0.717, 1.165) is 0 Å². The molecule has 0 radical (unpaired) electrons. The lowest BCUT2D eigenvalue weighted by Gasteiger charge is -2.16. The van der Waals surface area contributed by atoms with Gasteiger partial charge >= 0.3 is 0 Å². The largest absolute Gasteiger partial charge is 0.324 e. The van der Waals surface area contributed by atoms with Gasteiger partial charge in [0.15, 0.2) is 0 Å². The van der Waals surface area contributed by atoms with Crippen molar-refractivity contribution in [2.75, 3.05) is 5.32 Å². The van der Waals surface area contributed by atoms with Crippen molar-refractivity contribution in [2.24, 2.45) is 5.41 Å². The number of nitriles is 1. The molecular weight excluding hydrogens is 234 g/mol. The summed E-state index contributed by atoms with van der Waals surface area (Å²) in [6, 6.07) is 6.06. The predicted octanol–water partition coefficient (Wildman–Crippen LogP) is 2.39. The lowest BCUT2D eigenvalue weighted by atomic mass is 9.94. The molecule has 6 heteroatoms. The van der Waals surface area contributed by atoms with Crippen molar-refractivity contribution in [3.63, 3.8) is 0 Å². The fourth-order valence-electron chi connectivity index (χ4n) is 1.19. The van der Waals surface area contributed by atoms with E-state index in [4.69, 9.17) is 5.26 Å². The number of amides is 1. The number of carbonyl (C=O) groups is 1. The first-order valence-corrected chi connectivity index (χ1v) is 5.25. The molecule has 1 amide bonds. The number of non-ortho nitro benzene ring substituents is 1. The third-order valence-corrected chi connectivity index (χ3v) is 2.53. The summed E-state index contributed by atoms with van der Waals surface area (Å²) in [5.74, 6) is -0.492. The summed E-state index contributed by atoms with van der Waals surface area (Å²) in [6.07, 6.45) is 0. The third-order valence-electron chi connectivity index (χ3n) is 2.53. The molecule has 1 rings (SSSR count). The van der Waals surface area contributed by atoms with E-state index in [1.54, 1.807) is 13.0 Å². The quantitative estimate of drug-likeness (QED) is 0.655. The second kappa shape index (κ2) is 4.84. The molecule has 0 saturated heterocycles. The second-order valence-corrected chi connectivity index (χ2v) is 4.45. The molecule has 1 N–H and O–H groups in total. The first-order valence-electron chi connectivity index (χ1n) is 5.25. The number of hydrogen-bond acceptors (Lipinski definition) is 4. The Balaban J connectivity index is 3.05. The van der Waals surface area contributed by atoms with Gasteiger partial charge in [0.05, 0.1) is 16.7 Å². The summed E-state index contributed by atoms with van der Waals surface area (Å²) < 4.78 is 0. The summed E-state index contributed by atoms with van der Waals surface area (Å²) in [4.78, 5) is 21.9. The average molecular weight is 247 g/mol. The van der Waals surface area contributed by atoms with Crippen molar-refractivity contribution >= 4 is 17.3 Å². The number of rotatable bonds is 3. The number of hydrogen-bond donors (Lipinski definition) is 1. The van der Waals surface area contributed by atoms with Gasteiger partial charge in [-0.15, -0.1) is 0 Å². The minimum Gasteiger partial charge on any atom is -0.324 e. The number of nitro groups is 1. The molecule has 0 atom stereocenters. The van der Waals surface area contributed by atoms with Crippen LogP contribution in [0.4, 0.5) is 11.4 Å². The van der Waals surface area contributed by atoms with Gasteiger partial charge in [0.25, 0.3) is 5.69 Å². The van der Waals surface area contributed by atoms with Crippen LogP contribution in [0.2, 0.25) is 0 Å². The van der Waals surface area contributed by atoms with Crippen LogP contribution in [0.15, 0.2) is 18.2 Å². The fraction of sp³-hybridized carbons (Fsp3) is 0.333. The van der Waals surface area contributed by atoms with E-state index >= 15 is 0 Å². The lowest BCUT2D eigenvalue weighted by molar-refractivity contribution is -0.384. The Kier molecular flexibility index (Phi) is 3.67. The molecule has 0 aliphatic carbocycles. The summed E-state index contributed by atoms with van der Waals surface area (Å²) in [5.41, 5.74) is -0.247. The van der Waals surface area contributed by atoms with Crippen molar-refractivity contribution in [1.29, 1.82) is 5.26 Å². The van der Waals surface area contributed by atoms with Crippen LogP contribution < -0.4 is 5.32 Å². The minimum absolute atomic E-state index is 0.106. The first kappa shape index (κ1) is 13.6. The monoisotopic (exact) mass is 247 g/mol. The SMILES string of the molecule is Cc1ccc([N+](=O)[O-])cc1NC(=O)C(C)(C)C#N. The van der Waals surface area contributed by atoms with Crippen LogP contribution >= 0.6 is 0 Å². The Labute approximate surface area is 104 Å². The van der Waals surface area contributed by atoms with Gasteiger partial charge in [0, 0.05) is 12.1 Å². The fourth-order valence-corrected chi connectivity index (χ4v) is 1.19. The molecule has 94 valence electrons. The molecule has 0 heterocycles. The van der Waals surface area contributed by atoms with Gasteiger partial charge in [-0.3, -0.25) is 14.9 Å². The van der Waals surface area contributed by atoms with Crippen molar-refractivity contribution < 1.29 is 9.72 Å². The summed E-state index contributed by atoms with van der Waals surface area (Å²) in [6.45, 7) is 4.68. The zero-order valence-electron chi connectivity index (χ0n) is 10.4. The van der Waals surface area contributed by atoms with Gasteiger partial charge in [-0.25, -0.2) is 0 Å². The van der Waals surface area contributed by atoms with Crippen LogP contribution in [0.1, 0.15) is 19.4 Å². The minimum atomic E-state index is -1.18. The molecule has 0 aromatic heterocycles. The molecule has 0 aliphatic rings. The van der Waals surface area contributed by atoms with Gasteiger partial charge in [0.2, 0.25) is 5.91 Å². The van der Waals surface area contributed by atoms with E-state index in [9.17, 15) is 14.9 Å². The molecule has 0 fully saturated rings. The highest BCUT2D eigenvalue weighted by molar-refractivity contribution is 5.97. The summed E-state index contributed by atoms with van der Waals surface area (Å²) >= 11 is 0. The highest BCUT2D eigenvalue weighted by atomic mass is 16.6. The first-order chi connectivity index (χ1) is 8.27. The van der Waals surface area contributed by atoms with E-state index in [2.05, 4.69) is 5.32 Å². The number of nitro benzene ring substituents is 1. The lowest BCUT2D eigenvalue weighted by Crippen LogP contribution is -2.29. The van der Waals surface area contributed by atoms with Crippen LogP contribution in [0.25, 0.3) is 0 Å². The molecule has 0 saturated carbocycles. The molecule has 0 aliphatic heterocycles. The van der Waals surface area contributed by atoms with Gasteiger partial charge in [-0.2, -0.15) is 5.26 Å². The highest BCUT2D eigenvalue weighted by Gasteiger charge is 2.27. The van der Waals surface area contributed by atoms with Crippen LogP contribution in [0.5, 0.6) is 0 Å². The Bertz CT molecular complexity index is 544. The molecular formula is C12H13N3O3. The number of benzene rings is 1. The van der Waals surface area contributed by atoms with Gasteiger partial charge in [-0.05, 0) is 26.3 Å². The van der Waals surface area contributed by atoms with Crippen molar-refractivity contribution in [1.82, 2.24) is 0 Å². The molecule has 1 aromatic carbocycles. The number of anilines is 1. The van der Waals surface area contributed by atoms with E-state index in [0.29, 0.717) is 11.3 Å². The molecule has 1 aromatic rings. The number of nitrogens with one attached hydrogen (secondary N) is 1. The molecule has 18 heavy (non-hydrogen) atoms. The smallest absolute Gasteiger partial charge is 0.271 e. The van der Waals surface area contributed by atoms with E-state index in [1.807, 2.05) is 6.07 Å². The Morgan fingerprint density at radius 3 is 2.61 bits per heavy atom. The maximum atomic E-state index is 11.8. The van der Waals surface area contributed by atoms with Crippen molar-refractivity contribution in [3.05, 3.63) is 33.9 Å². The van der Waals surface area contributed by atoms with Crippen LogP contribution in [0.3, 0.4) is 0 Å². The number of carbonyl (C=O) groups excluding carboxylic acids is 1. The van der Waals surface area contributed by atoms with E-state index in [-0.39, 0.29) is 5.69 Å². The van der Waals surface area contributed by atoms with Gasteiger partial charge < -0.3 is 5.32 Å². The Morgan fingerprint density at radius 2 is 2.11 bits per heavy atom. The van der Waals surface area contributed by atoms with Crippen LogP contribution in [-0.2, 0) is 4.79 Å². The van der Waals surface area contributed by atoms with E-state index < -0.39 is 16.2 Å². The molecule has 6 nitrogen and oxygen atoms in total. The zero-order valence-corrected chi connectivity index (χ0v) is 10.4. The molecule has 0 unspecified atom stereocenters. The second-order valence-electron chi connectivity index (χ2n) is 4.45. The van der Waals surface area contributed by atoms with Crippen molar-refractivity contribution in [3.8, 4) is 6.07 Å². The van der Waals surface area contributed by atoms with E-state index in [1.165, 1.54) is 26.0 Å². The predicted molar refractivity (Wildman–Crippen MR) is 65.9 cm³/mol. The van der Waals surface area contributed by atoms with Crippen LogP contribution in [-0.4, -0.2) is 10.8 Å². The maximum absolute atomic E-state index is 11.8. The number of aryl methyl sites for hydroxylation is 1. The maximum Gasteiger partial charge on any atom is 0.271 e. The summed E-state index contributed by atoms with van der Waals surface area (Å²) in [7, 11) is 0. The molecule has 0 spiro atoms. The highest BCUT2D eigenvalue weighted by Crippen LogP contribution is 2.24. The van der Waals surface area contributed by atoms with Crippen LogP contribution in [0, 0.1) is 33.8 Å². The molecule has 0 bridgehead atoms. The summed E-state index contributed by atoms with van der Waals surface area (Å²) in [5, 5.41) is 22.0. The van der Waals surface area contributed by atoms with Gasteiger partial charge in [-0.1, -0.05) is 6.07 Å². The Hall–Kier alpha value is -2.42. The van der Waals surface area contributed by atoms with Gasteiger partial charge in [0.1, 0.15) is 5.41 Å².